The van der Waals surface area contributed by atoms with Crippen molar-refractivity contribution in [1.29, 1.82) is 0 Å². The number of carbonyl (C=O) groups is 2. The molecule has 2 heterocycles. The van der Waals surface area contributed by atoms with Gasteiger partial charge in [-0.05, 0) is 31.6 Å². The predicted octanol–water partition coefficient (Wildman–Crippen LogP) is 0.295. The molecule has 2 bridgehead atoms. The second-order valence-corrected chi connectivity index (χ2v) is 6.16. The Bertz CT molecular complexity index is 347. The Kier molecular flexibility index (Phi) is 5.23. The third-order valence-electron chi connectivity index (χ3n) is 4.17. The summed E-state index contributed by atoms with van der Waals surface area (Å²) in [6.07, 6.45) is 5.40. The molecule has 20 heavy (non-hydrogen) atoms. The van der Waals surface area contributed by atoms with Crippen molar-refractivity contribution < 1.29 is 9.59 Å². The van der Waals surface area contributed by atoms with Crippen LogP contribution in [0.2, 0.25) is 0 Å². The van der Waals surface area contributed by atoms with Crippen LogP contribution in [0, 0.1) is 5.92 Å². The van der Waals surface area contributed by atoms with Crippen molar-refractivity contribution in [1.82, 2.24) is 20.9 Å². The zero-order valence-corrected chi connectivity index (χ0v) is 12.4. The van der Waals surface area contributed by atoms with Crippen molar-refractivity contribution in [3.05, 3.63) is 0 Å². The minimum atomic E-state index is -0.130. The maximum atomic E-state index is 11.9. The summed E-state index contributed by atoms with van der Waals surface area (Å²) in [6.45, 7) is 0.969. The van der Waals surface area contributed by atoms with Crippen molar-refractivity contribution in [2.75, 3.05) is 27.2 Å². The summed E-state index contributed by atoms with van der Waals surface area (Å²) < 4.78 is 0. The Hall–Kier alpha value is -1.30. The van der Waals surface area contributed by atoms with Gasteiger partial charge in [-0.1, -0.05) is 0 Å². The number of amides is 3. The number of carbonyl (C=O) groups excluding carboxylic acids is 2. The molecule has 0 saturated carbocycles. The van der Waals surface area contributed by atoms with E-state index < -0.39 is 0 Å². The molecule has 2 atom stereocenters. The molecule has 3 amide bonds. The molecule has 0 aromatic rings. The minimum Gasteiger partial charge on any atom is -0.354 e. The lowest BCUT2D eigenvalue weighted by Crippen LogP contribution is -2.41. The highest BCUT2D eigenvalue weighted by molar-refractivity contribution is 5.76. The fourth-order valence-electron chi connectivity index (χ4n) is 3.21. The highest BCUT2D eigenvalue weighted by atomic mass is 16.2. The first-order valence-electron chi connectivity index (χ1n) is 7.52. The van der Waals surface area contributed by atoms with Gasteiger partial charge in [0.2, 0.25) is 5.91 Å². The summed E-state index contributed by atoms with van der Waals surface area (Å²) in [5.41, 5.74) is 0. The molecule has 3 N–H and O–H groups in total. The molecule has 2 unspecified atom stereocenters. The Balaban J connectivity index is 1.58. The first-order valence-corrected chi connectivity index (χ1v) is 7.52. The Morgan fingerprint density at radius 3 is 2.30 bits per heavy atom. The van der Waals surface area contributed by atoms with Gasteiger partial charge in [0, 0.05) is 45.7 Å². The molecule has 0 radical (unpaired) electrons. The van der Waals surface area contributed by atoms with Crippen molar-refractivity contribution >= 4 is 11.9 Å². The van der Waals surface area contributed by atoms with Crippen molar-refractivity contribution in [3.63, 3.8) is 0 Å². The van der Waals surface area contributed by atoms with Crippen LogP contribution in [0.15, 0.2) is 0 Å². The molecule has 2 rings (SSSR count). The topological polar surface area (TPSA) is 73.5 Å². The summed E-state index contributed by atoms with van der Waals surface area (Å²) in [5.74, 6) is 0.625. The number of nitrogens with one attached hydrogen (secondary N) is 3. The van der Waals surface area contributed by atoms with Crippen LogP contribution in [0.1, 0.15) is 32.1 Å². The van der Waals surface area contributed by atoms with Crippen LogP contribution in [0.3, 0.4) is 0 Å². The normalized spacial score (nSPS) is 28.0. The molecule has 2 fully saturated rings. The smallest absolute Gasteiger partial charge is 0.316 e. The lowest BCUT2D eigenvalue weighted by molar-refractivity contribution is -0.122. The van der Waals surface area contributed by atoms with Crippen LogP contribution in [0.4, 0.5) is 4.79 Å². The second kappa shape index (κ2) is 6.92. The highest BCUT2D eigenvalue weighted by Gasteiger charge is 2.33. The van der Waals surface area contributed by atoms with Crippen LogP contribution in [0.25, 0.3) is 0 Å². The summed E-state index contributed by atoms with van der Waals surface area (Å²) in [6, 6.07) is 1.13. The maximum Gasteiger partial charge on any atom is 0.316 e. The number of hydrogen-bond acceptors (Lipinski definition) is 3. The molecule has 2 saturated heterocycles. The molecule has 2 aliphatic heterocycles. The largest absolute Gasteiger partial charge is 0.354 e. The van der Waals surface area contributed by atoms with Crippen LogP contribution in [0.5, 0.6) is 0 Å². The molecule has 0 spiro atoms. The molecular weight excluding hydrogens is 256 g/mol. The van der Waals surface area contributed by atoms with E-state index in [1.54, 1.807) is 14.1 Å². The van der Waals surface area contributed by atoms with Crippen LogP contribution >= 0.6 is 0 Å². The predicted molar refractivity (Wildman–Crippen MR) is 77.4 cm³/mol. The number of rotatable bonds is 5. The molecular formula is C14H26N4O2. The zero-order valence-electron chi connectivity index (χ0n) is 12.4. The van der Waals surface area contributed by atoms with E-state index in [1.165, 1.54) is 17.7 Å². The van der Waals surface area contributed by atoms with Crippen molar-refractivity contribution in [2.45, 2.75) is 44.2 Å². The monoisotopic (exact) mass is 282 g/mol. The lowest BCUT2D eigenvalue weighted by atomic mass is 9.89. The van der Waals surface area contributed by atoms with Crippen molar-refractivity contribution in [3.8, 4) is 0 Å². The van der Waals surface area contributed by atoms with Gasteiger partial charge in [-0.15, -0.1) is 0 Å². The zero-order chi connectivity index (χ0) is 14.5. The van der Waals surface area contributed by atoms with Crippen LogP contribution in [-0.2, 0) is 4.79 Å². The summed E-state index contributed by atoms with van der Waals surface area (Å²) >= 11 is 0. The summed E-state index contributed by atoms with van der Waals surface area (Å²) in [7, 11) is 3.39. The Morgan fingerprint density at radius 1 is 1.10 bits per heavy atom. The van der Waals surface area contributed by atoms with Gasteiger partial charge in [0.1, 0.15) is 0 Å². The summed E-state index contributed by atoms with van der Waals surface area (Å²) in [4.78, 5) is 24.6. The van der Waals surface area contributed by atoms with Gasteiger partial charge in [-0.2, -0.15) is 0 Å². The molecule has 2 aliphatic rings. The van der Waals surface area contributed by atoms with E-state index in [2.05, 4.69) is 16.0 Å². The average Bonchev–Trinajstić information content (AvgIpc) is 2.73. The highest BCUT2D eigenvalue weighted by Crippen LogP contribution is 2.32. The molecule has 114 valence electrons. The van der Waals surface area contributed by atoms with E-state index in [0.717, 1.165) is 12.8 Å². The van der Waals surface area contributed by atoms with Crippen LogP contribution in [-0.4, -0.2) is 56.1 Å². The Labute approximate surface area is 120 Å². The van der Waals surface area contributed by atoms with E-state index in [9.17, 15) is 9.59 Å². The number of fused-ring (bicyclic) bond motifs is 2. The molecule has 6 nitrogen and oxygen atoms in total. The first-order chi connectivity index (χ1) is 9.54. The fraction of sp³-hybridized carbons (Fsp3) is 0.857. The van der Waals surface area contributed by atoms with E-state index in [0.29, 0.717) is 37.5 Å². The third kappa shape index (κ3) is 4.37. The van der Waals surface area contributed by atoms with Gasteiger partial charge in [0.05, 0.1) is 0 Å². The average molecular weight is 282 g/mol. The summed E-state index contributed by atoms with van der Waals surface area (Å²) in [5, 5.41) is 9.19. The van der Waals surface area contributed by atoms with E-state index >= 15 is 0 Å². The molecule has 0 aliphatic carbocycles. The number of piperidine rings is 1. The maximum absolute atomic E-state index is 11.9. The first kappa shape index (κ1) is 15.1. The lowest BCUT2D eigenvalue weighted by Gasteiger charge is -2.28. The van der Waals surface area contributed by atoms with Gasteiger partial charge >= 0.3 is 6.03 Å². The molecule has 0 aromatic carbocycles. The standard InChI is InChI=1S/C14H26N4O2/c1-18(2)14(20)16-6-5-15-13(19)9-10-7-11-3-4-12(8-10)17-11/h10-12,17H,3-9H2,1-2H3,(H,15,19)(H,16,20). The van der Waals surface area contributed by atoms with Gasteiger partial charge < -0.3 is 20.9 Å². The van der Waals surface area contributed by atoms with Crippen LogP contribution < -0.4 is 16.0 Å². The number of hydrogen-bond donors (Lipinski definition) is 3. The van der Waals surface area contributed by atoms with Gasteiger partial charge in [0.15, 0.2) is 0 Å². The fourth-order valence-corrected chi connectivity index (χ4v) is 3.21. The Morgan fingerprint density at radius 2 is 1.70 bits per heavy atom. The number of urea groups is 1. The van der Waals surface area contributed by atoms with Gasteiger partial charge in [0.25, 0.3) is 0 Å². The second-order valence-electron chi connectivity index (χ2n) is 6.16. The van der Waals surface area contributed by atoms with Crippen molar-refractivity contribution in [2.24, 2.45) is 5.92 Å². The van der Waals surface area contributed by atoms with Gasteiger partial charge in [-0.3, -0.25) is 4.79 Å². The third-order valence-corrected chi connectivity index (χ3v) is 4.17. The number of nitrogens with zero attached hydrogens (tertiary/aromatic N) is 1. The van der Waals surface area contributed by atoms with E-state index in [4.69, 9.17) is 0 Å². The SMILES string of the molecule is CN(C)C(=O)NCCNC(=O)CC1CC2CCC(C1)N2. The molecule has 6 heteroatoms. The van der Waals surface area contributed by atoms with Gasteiger partial charge in [-0.25, -0.2) is 4.79 Å². The quantitative estimate of drug-likeness (QED) is 0.635. The van der Waals surface area contributed by atoms with E-state index in [-0.39, 0.29) is 11.9 Å². The molecule has 0 aromatic heterocycles. The minimum absolute atomic E-state index is 0.107. The van der Waals surface area contributed by atoms with E-state index in [1.807, 2.05) is 0 Å².